The molecule has 0 saturated carbocycles. The van der Waals surface area contributed by atoms with Gasteiger partial charge in [-0.05, 0) is 72.3 Å². The Morgan fingerprint density at radius 1 is 0.857 bits per heavy atom. The maximum atomic E-state index is 12.8. The van der Waals surface area contributed by atoms with Crippen LogP contribution in [0.5, 0.6) is 17.2 Å². The number of amides is 1. The standard InChI is InChI=1S/C28H24N2O5/c1-3-34-23-15-10-21(11-16-23)28(32)35-26-17-12-19-6-4-5-7-24(19)25(26)18-29-30-27(31)20-8-13-22(33-2)14-9-20/h4-18H,3H2,1-2H3,(H,30,31). The van der Waals surface area contributed by atoms with Crippen molar-refractivity contribution >= 4 is 28.9 Å². The first-order valence-corrected chi connectivity index (χ1v) is 11.0. The van der Waals surface area contributed by atoms with Gasteiger partial charge >= 0.3 is 5.97 Å². The first kappa shape index (κ1) is 23.5. The third kappa shape index (κ3) is 5.65. The molecule has 0 saturated heterocycles. The molecule has 35 heavy (non-hydrogen) atoms. The molecule has 176 valence electrons. The fourth-order valence-electron chi connectivity index (χ4n) is 3.47. The zero-order valence-electron chi connectivity index (χ0n) is 19.4. The van der Waals surface area contributed by atoms with Crippen LogP contribution in [0.1, 0.15) is 33.2 Å². The zero-order chi connectivity index (χ0) is 24.6. The summed E-state index contributed by atoms with van der Waals surface area (Å²) in [6.45, 7) is 2.43. The highest BCUT2D eigenvalue weighted by Gasteiger charge is 2.14. The van der Waals surface area contributed by atoms with Gasteiger partial charge in [-0.15, -0.1) is 0 Å². The van der Waals surface area contributed by atoms with Crippen LogP contribution in [-0.4, -0.2) is 31.8 Å². The van der Waals surface area contributed by atoms with Crippen molar-refractivity contribution in [3.8, 4) is 17.2 Å². The minimum absolute atomic E-state index is 0.324. The molecule has 0 unspecified atom stereocenters. The number of ether oxygens (including phenoxy) is 3. The van der Waals surface area contributed by atoms with Crippen LogP contribution in [0.2, 0.25) is 0 Å². The molecule has 4 aromatic carbocycles. The van der Waals surface area contributed by atoms with Crippen LogP contribution in [0.4, 0.5) is 0 Å². The number of fused-ring (bicyclic) bond motifs is 1. The van der Waals surface area contributed by atoms with Crippen molar-refractivity contribution in [2.24, 2.45) is 5.10 Å². The van der Waals surface area contributed by atoms with Gasteiger partial charge in [-0.25, -0.2) is 10.2 Å². The molecule has 0 radical (unpaired) electrons. The number of esters is 1. The lowest BCUT2D eigenvalue weighted by atomic mass is 10.0. The van der Waals surface area contributed by atoms with E-state index in [0.717, 1.165) is 10.8 Å². The second-order valence-electron chi connectivity index (χ2n) is 7.47. The van der Waals surface area contributed by atoms with Gasteiger partial charge in [0, 0.05) is 11.1 Å². The van der Waals surface area contributed by atoms with Gasteiger partial charge in [0.05, 0.1) is 25.5 Å². The number of hydrogen-bond donors (Lipinski definition) is 1. The Hall–Kier alpha value is -4.65. The van der Waals surface area contributed by atoms with E-state index in [4.69, 9.17) is 14.2 Å². The fraction of sp³-hybridized carbons (Fsp3) is 0.107. The minimum Gasteiger partial charge on any atom is -0.497 e. The molecule has 0 aliphatic heterocycles. The average Bonchev–Trinajstić information content (AvgIpc) is 2.90. The molecule has 1 amide bonds. The number of methoxy groups -OCH3 is 1. The van der Waals surface area contributed by atoms with Crippen molar-refractivity contribution in [1.82, 2.24) is 5.43 Å². The van der Waals surface area contributed by atoms with E-state index in [1.165, 1.54) is 6.21 Å². The lowest BCUT2D eigenvalue weighted by molar-refractivity contribution is 0.0734. The molecule has 4 rings (SSSR count). The molecule has 0 aromatic heterocycles. The number of hydrogen-bond acceptors (Lipinski definition) is 6. The van der Waals surface area contributed by atoms with Gasteiger partial charge in [0.1, 0.15) is 17.2 Å². The molecular weight excluding hydrogens is 444 g/mol. The van der Waals surface area contributed by atoms with E-state index in [0.29, 0.717) is 40.5 Å². The number of nitrogens with one attached hydrogen (secondary N) is 1. The van der Waals surface area contributed by atoms with Crippen molar-refractivity contribution in [2.75, 3.05) is 13.7 Å². The molecule has 7 nitrogen and oxygen atoms in total. The van der Waals surface area contributed by atoms with Gasteiger partial charge in [0.25, 0.3) is 5.91 Å². The molecule has 0 bridgehead atoms. The minimum atomic E-state index is -0.514. The Bertz CT molecular complexity index is 1360. The van der Waals surface area contributed by atoms with Crippen LogP contribution >= 0.6 is 0 Å². The summed E-state index contributed by atoms with van der Waals surface area (Å²) >= 11 is 0. The zero-order valence-corrected chi connectivity index (χ0v) is 19.4. The first-order chi connectivity index (χ1) is 17.1. The molecular formula is C28H24N2O5. The summed E-state index contributed by atoms with van der Waals surface area (Å²) in [5, 5.41) is 5.89. The number of benzene rings is 4. The monoisotopic (exact) mass is 468 g/mol. The highest BCUT2D eigenvalue weighted by Crippen LogP contribution is 2.27. The largest absolute Gasteiger partial charge is 0.497 e. The molecule has 0 aliphatic rings. The fourth-order valence-corrected chi connectivity index (χ4v) is 3.47. The van der Waals surface area contributed by atoms with Crippen LogP contribution in [0, 0.1) is 0 Å². The molecule has 0 fully saturated rings. The predicted octanol–water partition coefficient (Wildman–Crippen LogP) is 5.23. The second kappa shape index (κ2) is 11.0. The number of carbonyl (C=O) groups is 2. The predicted molar refractivity (Wildman–Crippen MR) is 135 cm³/mol. The average molecular weight is 469 g/mol. The van der Waals surface area contributed by atoms with E-state index in [1.54, 1.807) is 61.7 Å². The van der Waals surface area contributed by atoms with E-state index in [1.807, 2.05) is 37.3 Å². The van der Waals surface area contributed by atoms with Crippen molar-refractivity contribution in [3.63, 3.8) is 0 Å². The highest BCUT2D eigenvalue weighted by atomic mass is 16.5. The maximum absolute atomic E-state index is 12.8. The molecule has 1 N–H and O–H groups in total. The summed E-state index contributed by atoms with van der Waals surface area (Å²) in [6.07, 6.45) is 1.48. The Morgan fingerprint density at radius 2 is 1.54 bits per heavy atom. The Balaban J connectivity index is 1.57. The third-order valence-electron chi connectivity index (χ3n) is 5.25. The molecule has 0 heterocycles. The summed E-state index contributed by atoms with van der Waals surface area (Å²) < 4.78 is 16.2. The van der Waals surface area contributed by atoms with Crippen LogP contribution in [0.15, 0.2) is 90.0 Å². The smallest absolute Gasteiger partial charge is 0.343 e. The van der Waals surface area contributed by atoms with Gasteiger partial charge in [0.2, 0.25) is 0 Å². The second-order valence-corrected chi connectivity index (χ2v) is 7.47. The maximum Gasteiger partial charge on any atom is 0.343 e. The molecule has 7 heteroatoms. The summed E-state index contributed by atoms with van der Waals surface area (Å²) in [4.78, 5) is 25.3. The van der Waals surface area contributed by atoms with Crippen LogP contribution in [-0.2, 0) is 0 Å². The van der Waals surface area contributed by atoms with E-state index >= 15 is 0 Å². The van der Waals surface area contributed by atoms with Gasteiger partial charge in [-0.2, -0.15) is 5.10 Å². The first-order valence-electron chi connectivity index (χ1n) is 11.0. The van der Waals surface area contributed by atoms with E-state index in [9.17, 15) is 9.59 Å². The van der Waals surface area contributed by atoms with Crippen molar-refractivity contribution in [2.45, 2.75) is 6.92 Å². The van der Waals surface area contributed by atoms with Gasteiger partial charge in [-0.3, -0.25) is 4.79 Å². The van der Waals surface area contributed by atoms with Gasteiger partial charge in [-0.1, -0.05) is 30.3 Å². The Kier molecular flexibility index (Phi) is 7.37. The quantitative estimate of drug-likeness (QED) is 0.166. The number of nitrogens with zero attached hydrogens (tertiary/aromatic N) is 1. The summed E-state index contributed by atoms with van der Waals surface area (Å²) in [5.41, 5.74) is 3.90. The number of rotatable bonds is 8. The Morgan fingerprint density at radius 3 is 2.26 bits per heavy atom. The van der Waals surface area contributed by atoms with E-state index < -0.39 is 5.97 Å². The van der Waals surface area contributed by atoms with Crippen molar-refractivity contribution < 1.29 is 23.8 Å². The molecule has 0 aliphatic carbocycles. The normalized spacial score (nSPS) is 10.8. The van der Waals surface area contributed by atoms with Crippen molar-refractivity contribution in [3.05, 3.63) is 102 Å². The summed E-state index contributed by atoms with van der Waals surface area (Å²) in [5.74, 6) is 0.761. The summed E-state index contributed by atoms with van der Waals surface area (Å²) in [7, 11) is 1.56. The van der Waals surface area contributed by atoms with Crippen molar-refractivity contribution in [1.29, 1.82) is 0 Å². The summed E-state index contributed by atoms with van der Waals surface area (Å²) in [6, 6.07) is 24.6. The molecule has 4 aromatic rings. The van der Waals surface area contributed by atoms with Crippen LogP contribution in [0.3, 0.4) is 0 Å². The van der Waals surface area contributed by atoms with E-state index in [-0.39, 0.29) is 5.91 Å². The van der Waals surface area contributed by atoms with Gasteiger partial charge in [0.15, 0.2) is 0 Å². The number of carbonyl (C=O) groups excluding carboxylic acids is 2. The van der Waals surface area contributed by atoms with Crippen LogP contribution in [0.25, 0.3) is 10.8 Å². The van der Waals surface area contributed by atoms with E-state index in [2.05, 4.69) is 10.5 Å². The van der Waals surface area contributed by atoms with Gasteiger partial charge < -0.3 is 14.2 Å². The lowest BCUT2D eigenvalue weighted by Crippen LogP contribution is -2.17. The lowest BCUT2D eigenvalue weighted by Gasteiger charge is -2.11. The third-order valence-corrected chi connectivity index (χ3v) is 5.25. The molecule has 0 atom stereocenters. The molecule has 0 spiro atoms. The topological polar surface area (TPSA) is 86.2 Å². The highest BCUT2D eigenvalue weighted by molar-refractivity contribution is 6.04. The van der Waals surface area contributed by atoms with Crippen LogP contribution < -0.4 is 19.6 Å². The SMILES string of the molecule is CCOc1ccc(C(=O)Oc2ccc3ccccc3c2C=NNC(=O)c2ccc(OC)cc2)cc1. The Labute approximate surface area is 202 Å². The number of hydrazone groups is 1.